The molecule has 154 valence electrons. The number of phenols is 1. The average Bonchev–Trinajstić information content (AvgIpc) is 3.49. The van der Waals surface area contributed by atoms with Crippen LogP contribution in [0.4, 0.5) is 0 Å². The van der Waals surface area contributed by atoms with Crippen molar-refractivity contribution in [1.82, 2.24) is 15.1 Å². The molecule has 0 bridgehead atoms. The molecule has 6 nitrogen and oxygen atoms in total. The average molecular weight is 403 g/mol. The minimum absolute atomic E-state index is 0.0527. The number of H-pyrrole nitrogens is 1. The molecular formula is C24H25N3O3. The van der Waals surface area contributed by atoms with Crippen molar-refractivity contribution in [3.05, 3.63) is 70.9 Å². The predicted octanol–water partition coefficient (Wildman–Crippen LogP) is 4.07. The molecule has 2 N–H and O–H groups in total. The van der Waals surface area contributed by atoms with Crippen molar-refractivity contribution in [2.75, 3.05) is 13.2 Å². The molecule has 3 heterocycles. The van der Waals surface area contributed by atoms with Crippen molar-refractivity contribution < 1.29 is 14.6 Å². The number of fused-ring (bicyclic) bond motifs is 1. The van der Waals surface area contributed by atoms with Crippen molar-refractivity contribution in [2.45, 2.75) is 38.3 Å². The largest absolute Gasteiger partial charge is 0.507 e. The van der Waals surface area contributed by atoms with Gasteiger partial charge in [0.1, 0.15) is 17.1 Å². The zero-order valence-electron chi connectivity index (χ0n) is 17.0. The van der Waals surface area contributed by atoms with E-state index in [1.807, 2.05) is 17.0 Å². The van der Waals surface area contributed by atoms with E-state index in [0.29, 0.717) is 23.5 Å². The van der Waals surface area contributed by atoms with E-state index in [2.05, 4.69) is 41.4 Å². The number of hydrogen-bond acceptors (Lipinski definition) is 4. The maximum absolute atomic E-state index is 13.4. The highest BCUT2D eigenvalue weighted by atomic mass is 16.5. The monoisotopic (exact) mass is 403 g/mol. The summed E-state index contributed by atoms with van der Waals surface area (Å²) in [5, 5.41) is 17.8. The summed E-state index contributed by atoms with van der Waals surface area (Å²) in [6, 6.07) is 15.3. The highest BCUT2D eigenvalue weighted by Gasteiger charge is 2.43. The smallest absolute Gasteiger partial charge is 0.273 e. The number of hydrogen-bond donors (Lipinski definition) is 2. The number of ether oxygens (including phenoxy) is 1. The van der Waals surface area contributed by atoms with Crippen LogP contribution in [0.25, 0.3) is 11.3 Å². The van der Waals surface area contributed by atoms with Crippen LogP contribution in [-0.4, -0.2) is 45.4 Å². The Balaban J connectivity index is 1.62. The normalized spacial score (nSPS) is 20.7. The fourth-order valence-electron chi connectivity index (χ4n) is 4.55. The zero-order chi connectivity index (χ0) is 20.7. The molecule has 1 aromatic heterocycles. The minimum atomic E-state index is -0.268. The van der Waals surface area contributed by atoms with Gasteiger partial charge in [0.2, 0.25) is 0 Å². The molecule has 2 aromatic carbocycles. The Kier molecular flexibility index (Phi) is 4.79. The van der Waals surface area contributed by atoms with Crippen molar-refractivity contribution in [3.63, 3.8) is 0 Å². The van der Waals surface area contributed by atoms with E-state index < -0.39 is 0 Å². The minimum Gasteiger partial charge on any atom is -0.507 e. The molecule has 1 saturated heterocycles. The third kappa shape index (κ3) is 3.08. The fraction of sp³-hybridized carbons (Fsp3) is 0.333. The maximum Gasteiger partial charge on any atom is 0.273 e. The Bertz CT molecular complexity index is 1070. The van der Waals surface area contributed by atoms with Crippen molar-refractivity contribution >= 4 is 5.91 Å². The number of aromatic nitrogens is 2. The first kappa shape index (κ1) is 18.9. The number of aryl methyl sites for hydroxylation is 1. The van der Waals surface area contributed by atoms with Gasteiger partial charge in [-0.3, -0.25) is 9.89 Å². The summed E-state index contributed by atoms with van der Waals surface area (Å²) in [6.45, 7) is 3.42. The van der Waals surface area contributed by atoms with Gasteiger partial charge in [0.15, 0.2) is 0 Å². The third-order valence-corrected chi connectivity index (χ3v) is 6.15. The molecular weight excluding hydrogens is 378 g/mol. The summed E-state index contributed by atoms with van der Waals surface area (Å²) in [5.74, 6) is 0.0798. The van der Waals surface area contributed by atoms with Crippen LogP contribution in [0.3, 0.4) is 0 Å². The summed E-state index contributed by atoms with van der Waals surface area (Å²) >= 11 is 0. The number of carbonyl (C=O) groups is 1. The van der Waals surface area contributed by atoms with Crippen LogP contribution < -0.4 is 0 Å². The lowest BCUT2D eigenvalue weighted by Gasteiger charge is -2.28. The van der Waals surface area contributed by atoms with Crippen LogP contribution in [0.2, 0.25) is 0 Å². The predicted molar refractivity (Wildman–Crippen MR) is 113 cm³/mol. The second-order valence-corrected chi connectivity index (χ2v) is 7.97. The quantitative estimate of drug-likeness (QED) is 0.673. The van der Waals surface area contributed by atoms with Gasteiger partial charge >= 0.3 is 0 Å². The van der Waals surface area contributed by atoms with Crippen molar-refractivity contribution in [3.8, 4) is 17.0 Å². The lowest BCUT2D eigenvalue weighted by Crippen LogP contribution is -2.36. The SMILES string of the molecule is CCc1ccc(C2c3c(-c4ccccc4O)n[nH]c3C(=O)N2CC2CCCO2)cc1. The van der Waals surface area contributed by atoms with E-state index >= 15 is 0 Å². The van der Waals surface area contributed by atoms with Gasteiger partial charge in [-0.05, 0) is 42.5 Å². The summed E-state index contributed by atoms with van der Waals surface area (Å²) in [4.78, 5) is 15.2. The number of amides is 1. The Labute approximate surface area is 175 Å². The van der Waals surface area contributed by atoms with Gasteiger partial charge in [0.05, 0.1) is 12.1 Å². The molecule has 6 heteroatoms. The van der Waals surface area contributed by atoms with E-state index in [9.17, 15) is 9.90 Å². The van der Waals surface area contributed by atoms with Gasteiger partial charge in [0, 0.05) is 24.3 Å². The fourth-order valence-corrected chi connectivity index (χ4v) is 4.55. The van der Waals surface area contributed by atoms with Gasteiger partial charge in [-0.2, -0.15) is 5.10 Å². The molecule has 2 aliphatic heterocycles. The maximum atomic E-state index is 13.4. The molecule has 0 spiro atoms. The summed E-state index contributed by atoms with van der Waals surface area (Å²) in [6.07, 6.45) is 3.00. The first-order valence-electron chi connectivity index (χ1n) is 10.6. The van der Waals surface area contributed by atoms with Crippen LogP contribution in [0.15, 0.2) is 48.5 Å². The van der Waals surface area contributed by atoms with Crippen LogP contribution >= 0.6 is 0 Å². The first-order valence-corrected chi connectivity index (χ1v) is 10.6. The van der Waals surface area contributed by atoms with E-state index in [4.69, 9.17) is 4.74 Å². The third-order valence-electron chi connectivity index (χ3n) is 6.15. The summed E-state index contributed by atoms with van der Waals surface area (Å²) < 4.78 is 5.83. The molecule has 2 aliphatic rings. The number of aromatic amines is 1. The van der Waals surface area contributed by atoms with Crippen LogP contribution in [-0.2, 0) is 11.2 Å². The van der Waals surface area contributed by atoms with Gasteiger partial charge in [-0.15, -0.1) is 0 Å². The van der Waals surface area contributed by atoms with E-state index in [1.54, 1.807) is 12.1 Å². The van der Waals surface area contributed by atoms with Crippen molar-refractivity contribution in [2.24, 2.45) is 0 Å². The highest BCUT2D eigenvalue weighted by molar-refractivity contribution is 6.00. The molecule has 3 aromatic rings. The number of para-hydroxylation sites is 1. The molecule has 5 rings (SSSR count). The van der Waals surface area contributed by atoms with Crippen LogP contribution in [0.5, 0.6) is 5.75 Å². The summed E-state index contributed by atoms with van der Waals surface area (Å²) in [5.41, 5.74) is 4.85. The first-order chi connectivity index (χ1) is 14.7. The van der Waals surface area contributed by atoms with Gasteiger partial charge in [0.25, 0.3) is 5.91 Å². The second kappa shape index (κ2) is 7.61. The topological polar surface area (TPSA) is 78.5 Å². The van der Waals surface area contributed by atoms with E-state index in [0.717, 1.165) is 37.0 Å². The van der Waals surface area contributed by atoms with Gasteiger partial charge < -0.3 is 14.7 Å². The zero-order valence-corrected chi connectivity index (χ0v) is 17.0. The van der Waals surface area contributed by atoms with E-state index in [-0.39, 0.29) is 23.8 Å². The van der Waals surface area contributed by atoms with Crippen molar-refractivity contribution in [1.29, 1.82) is 0 Å². The molecule has 0 saturated carbocycles. The number of nitrogens with zero attached hydrogens (tertiary/aromatic N) is 2. The lowest BCUT2D eigenvalue weighted by molar-refractivity contribution is 0.0495. The molecule has 1 fully saturated rings. The molecule has 2 atom stereocenters. The Morgan fingerprint density at radius 1 is 1.20 bits per heavy atom. The number of benzene rings is 2. The van der Waals surface area contributed by atoms with Crippen LogP contribution in [0, 0.1) is 0 Å². The standard InChI is InChI=1S/C24H25N3O3/c1-2-15-9-11-16(12-10-15)23-20-21(18-7-3-4-8-19(18)28)25-26-22(20)24(29)27(23)14-17-6-5-13-30-17/h3-4,7-12,17,23,28H,2,5-6,13-14H2,1H3,(H,25,26). The summed E-state index contributed by atoms with van der Waals surface area (Å²) in [7, 11) is 0. The second-order valence-electron chi connectivity index (χ2n) is 7.97. The highest BCUT2D eigenvalue weighted by Crippen LogP contribution is 2.44. The molecule has 0 aliphatic carbocycles. The number of phenolic OH excluding ortho intramolecular Hbond substituents is 1. The molecule has 30 heavy (non-hydrogen) atoms. The number of carbonyl (C=O) groups excluding carboxylic acids is 1. The number of rotatable bonds is 5. The Morgan fingerprint density at radius 2 is 2.00 bits per heavy atom. The number of aromatic hydroxyl groups is 1. The van der Waals surface area contributed by atoms with Gasteiger partial charge in [-0.1, -0.05) is 43.3 Å². The van der Waals surface area contributed by atoms with Gasteiger partial charge in [-0.25, -0.2) is 0 Å². The Hall–Kier alpha value is -3.12. The van der Waals surface area contributed by atoms with E-state index in [1.165, 1.54) is 5.56 Å². The Morgan fingerprint density at radius 3 is 2.70 bits per heavy atom. The van der Waals surface area contributed by atoms with Crippen LogP contribution in [0.1, 0.15) is 53.0 Å². The molecule has 2 unspecified atom stereocenters. The molecule has 1 amide bonds. The lowest BCUT2D eigenvalue weighted by atomic mass is 9.94. The number of nitrogens with one attached hydrogen (secondary N) is 1. The molecule has 0 radical (unpaired) electrons.